The number of thiophene rings is 1. The number of nitrogens with one attached hydrogen (secondary N) is 1. The van der Waals surface area contributed by atoms with E-state index in [9.17, 15) is 14.4 Å². The SMILES string of the molecule is Cc1c(NC(=O)[C@H]2CS[C@@]3(C)CCC(=O)N23)cccc1C(=O)N1CCc2sccc2C1. The molecule has 0 aliphatic carbocycles. The summed E-state index contributed by atoms with van der Waals surface area (Å²) in [4.78, 5) is 43.4. The second kappa shape index (κ2) is 7.67. The number of carbonyl (C=O) groups is 3. The van der Waals surface area contributed by atoms with E-state index in [0.29, 0.717) is 36.5 Å². The lowest BCUT2D eigenvalue weighted by Crippen LogP contribution is -2.48. The van der Waals surface area contributed by atoms with Crippen LogP contribution in [-0.4, -0.2) is 50.7 Å². The lowest BCUT2D eigenvalue weighted by atomic mass is 10.0. The maximum atomic E-state index is 13.2. The van der Waals surface area contributed by atoms with Crippen LogP contribution in [0.15, 0.2) is 29.6 Å². The molecule has 0 bridgehead atoms. The van der Waals surface area contributed by atoms with Crippen LogP contribution in [0.5, 0.6) is 0 Å². The minimum Gasteiger partial charge on any atom is -0.334 e. The van der Waals surface area contributed by atoms with Crippen LogP contribution in [0.3, 0.4) is 0 Å². The summed E-state index contributed by atoms with van der Waals surface area (Å²) < 4.78 is 0. The molecule has 3 amide bonds. The molecule has 2 atom stereocenters. The van der Waals surface area contributed by atoms with E-state index in [2.05, 4.69) is 16.8 Å². The van der Waals surface area contributed by atoms with Gasteiger partial charge < -0.3 is 15.1 Å². The second-order valence-electron chi connectivity index (χ2n) is 8.58. The third-order valence-electron chi connectivity index (χ3n) is 6.66. The summed E-state index contributed by atoms with van der Waals surface area (Å²) in [5.74, 6) is 0.457. The monoisotopic (exact) mass is 455 g/mol. The van der Waals surface area contributed by atoms with Crippen molar-refractivity contribution in [1.29, 1.82) is 0 Å². The maximum absolute atomic E-state index is 13.2. The number of rotatable bonds is 3. The van der Waals surface area contributed by atoms with Crippen molar-refractivity contribution < 1.29 is 14.4 Å². The molecule has 2 fully saturated rings. The first kappa shape index (κ1) is 20.6. The van der Waals surface area contributed by atoms with Gasteiger partial charge in [0.1, 0.15) is 6.04 Å². The van der Waals surface area contributed by atoms with Crippen LogP contribution in [0.25, 0.3) is 0 Å². The number of carbonyl (C=O) groups excluding carboxylic acids is 3. The number of fused-ring (bicyclic) bond motifs is 2. The van der Waals surface area contributed by atoms with Crippen LogP contribution in [0.2, 0.25) is 0 Å². The number of amides is 3. The Kier molecular flexibility index (Phi) is 5.09. The molecular formula is C23H25N3O3S2. The molecule has 31 heavy (non-hydrogen) atoms. The van der Waals surface area contributed by atoms with Crippen LogP contribution in [0, 0.1) is 6.92 Å². The second-order valence-corrected chi connectivity index (χ2v) is 11.1. The van der Waals surface area contributed by atoms with Crippen molar-refractivity contribution in [3.05, 3.63) is 51.2 Å². The smallest absolute Gasteiger partial charge is 0.254 e. The summed E-state index contributed by atoms with van der Waals surface area (Å²) in [5.41, 5.74) is 3.23. The number of hydrogen-bond acceptors (Lipinski definition) is 5. The molecule has 1 N–H and O–H groups in total. The zero-order chi connectivity index (χ0) is 21.8. The van der Waals surface area contributed by atoms with Gasteiger partial charge in [-0.1, -0.05) is 6.07 Å². The maximum Gasteiger partial charge on any atom is 0.254 e. The molecule has 6 nitrogen and oxygen atoms in total. The summed E-state index contributed by atoms with van der Waals surface area (Å²) in [7, 11) is 0. The van der Waals surface area contributed by atoms with Gasteiger partial charge in [0.15, 0.2) is 0 Å². The summed E-state index contributed by atoms with van der Waals surface area (Å²) >= 11 is 3.43. The highest BCUT2D eigenvalue weighted by Gasteiger charge is 2.52. The van der Waals surface area contributed by atoms with Crippen LogP contribution in [-0.2, 0) is 22.6 Å². The number of hydrogen-bond donors (Lipinski definition) is 1. The van der Waals surface area contributed by atoms with Crippen molar-refractivity contribution in [3.63, 3.8) is 0 Å². The van der Waals surface area contributed by atoms with E-state index < -0.39 is 6.04 Å². The average molecular weight is 456 g/mol. The van der Waals surface area contributed by atoms with Crippen molar-refractivity contribution in [2.75, 3.05) is 17.6 Å². The first-order valence-electron chi connectivity index (χ1n) is 10.6. The van der Waals surface area contributed by atoms with E-state index in [1.807, 2.05) is 36.9 Å². The van der Waals surface area contributed by atoms with Gasteiger partial charge in [0.2, 0.25) is 11.8 Å². The van der Waals surface area contributed by atoms with Crippen molar-refractivity contribution in [1.82, 2.24) is 9.80 Å². The zero-order valence-electron chi connectivity index (χ0n) is 17.6. The number of anilines is 1. The molecule has 2 saturated heterocycles. The van der Waals surface area contributed by atoms with Gasteiger partial charge in [-0.25, -0.2) is 0 Å². The number of benzene rings is 1. The fourth-order valence-corrected chi connectivity index (χ4v) is 7.15. The quantitative estimate of drug-likeness (QED) is 0.767. The Balaban J connectivity index is 1.34. The van der Waals surface area contributed by atoms with Crippen LogP contribution in [0.1, 0.15) is 46.1 Å². The standard InChI is InChI=1S/C23H25N3O3S2/c1-14-16(22(29)25-10-7-19-15(12-25)8-11-30-19)4-3-5-17(14)24-21(28)18-13-31-23(2)9-6-20(27)26(18)23/h3-5,8,11,18H,6-7,9-10,12-13H2,1-2H3,(H,24,28)/t18-,23+/m1/s1. The molecule has 4 heterocycles. The molecule has 0 radical (unpaired) electrons. The lowest BCUT2D eigenvalue weighted by Gasteiger charge is -2.30. The molecule has 0 unspecified atom stereocenters. The summed E-state index contributed by atoms with van der Waals surface area (Å²) in [6.45, 7) is 5.25. The molecular weight excluding hydrogens is 430 g/mol. The van der Waals surface area contributed by atoms with E-state index in [1.165, 1.54) is 10.4 Å². The minimum absolute atomic E-state index is 0.0100. The van der Waals surface area contributed by atoms with Crippen molar-refractivity contribution in [2.45, 2.75) is 50.6 Å². The van der Waals surface area contributed by atoms with Crippen LogP contribution < -0.4 is 5.32 Å². The highest BCUT2D eigenvalue weighted by Crippen LogP contribution is 2.47. The number of thioether (sulfide) groups is 1. The Morgan fingerprint density at radius 3 is 2.90 bits per heavy atom. The van der Waals surface area contributed by atoms with E-state index in [4.69, 9.17) is 0 Å². The Morgan fingerprint density at radius 1 is 1.23 bits per heavy atom. The van der Waals surface area contributed by atoms with E-state index in [1.54, 1.807) is 28.0 Å². The molecule has 2 aromatic rings. The van der Waals surface area contributed by atoms with Gasteiger partial charge in [-0.2, -0.15) is 0 Å². The third-order valence-corrected chi connectivity index (χ3v) is 9.19. The van der Waals surface area contributed by atoms with Gasteiger partial charge in [-0.15, -0.1) is 23.1 Å². The fraction of sp³-hybridized carbons (Fsp3) is 0.435. The van der Waals surface area contributed by atoms with Gasteiger partial charge >= 0.3 is 0 Å². The van der Waals surface area contributed by atoms with Crippen LogP contribution >= 0.6 is 23.1 Å². The van der Waals surface area contributed by atoms with Gasteiger partial charge in [-0.3, -0.25) is 14.4 Å². The van der Waals surface area contributed by atoms with E-state index in [-0.39, 0.29) is 22.6 Å². The highest BCUT2D eigenvalue weighted by molar-refractivity contribution is 8.01. The number of nitrogens with zero attached hydrogens (tertiary/aromatic N) is 2. The summed E-state index contributed by atoms with van der Waals surface area (Å²) in [5, 5.41) is 5.08. The third kappa shape index (κ3) is 3.46. The van der Waals surface area contributed by atoms with Crippen molar-refractivity contribution in [3.8, 4) is 0 Å². The van der Waals surface area contributed by atoms with Gasteiger partial charge in [0.25, 0.3) is 5.91 Å². The Hall–Kier alpha value is -2.32. The molecule has 1 aromatic heterocycles. The molecule has 8 heteroatoms. The molecule has 5 rings (SSSR count). The summed E-state index contributed by atoms with van der Waals surface area (Å²) in [6.07, 6.45) is 2.17. The molecule has 0 spiro atoms. The first-order valence-corrected chi connectivity index (χ1v) is 12.4. The predicted octanol–water partition coefficient (Wildman–Crippen LogP) is 3.65. The lowest BCUT2D eigenvalue weighted by molar-refractivity contribution is -0.135. The van der Waals surface area contributed by atoms with Gasteiger partial charge in [-0.05, 0) is 61.4 Å². The Bertz CT molecular complexity index is 1080. The average Bonchev–Trinajstić information content (AvgIpc) is 3.44. The molecule has 0 saturated carbocycles. The highest BCUT2D eigenvalue weighted by atomic mass is 32.2. The molecule has 162 valence electrons. The first-order chi connectivity index (χ1) is 14.9. The molecule has 3 aliphatic heterocycles. The molecule has 1 aromatic carbocycles. The van der Waals surface area contributed by atoms with Gasteiger partial charge in [0, 0.05) is 41.4 Å². The van der Waals surface area contributed by atoms with Gasteiger partial charge in [0.05, 0.1) is 4.87 Å². The topological polar surface area (TPSA) is 69.7 Å². The zero-order valence-corrected chi connectivity index (χ0v) is 19.3. The fourth-order valence-electron chi connectivity index (χ4n) is 4.83. The minimum atomic E-state index is -0.470. The normalized spacial score (nSPS) is 24.8. The summed E-state index contributed by atoms with van der Waals surface area (Å²) in [6, 6.07) is 7.08. The van der Waals surface area contributed by atoms with Crippen molar-refractivity contribution >= 4 is 46.5 Å². The van der Waals surface area contributed by atoms with E-state index in [0.717, 1.165) is 18.4 Å². The Labute approximate surface area is 190 Å². The molecule has 3 aliphatic rings. The van der Waals surface area contributed by atoms with E-state index >= 15 is 0 Å². The van der Waals surface area contributed by atoms with Crippen molar-refractivity contribution in [2.24, 2.45) is 0 Å². The predicted molar refractivity (Wildman–Crippen MR) is 123 cm³/mol. The largest absolute Gasteiger partial charge is 0.334 e. The Morgan fingerprint density at radius 2 is 2.06 bits per heavy atom. The van der Waals surface area contributed by atoms with Crippen LogP contribution in [0.4, 0.5) is 5.69 Å².